The molecule has 3 rings (SSSR count). The number of hydrogen-bond donors (Lipinski definition) is 1. The Labute approximate surface area is 111 Å². The third kappa shape index (κ3) is 2.03. The van der Waals surface area contributed by atoms with E-state index in [9.17, 15) is 0 Å². The summed E-state index contributed by atoms with van der Waals surface area (Å²) < 4.78 is 2.13. The van der Waals surface area contributed by atoms with E-state index in [2.05, 4.69) is 26.4 Å². The van der Waals surface area contributed by atoms with Crippen LogP contribution < -0.4 is 5.73 Å². The fourth-order valence-electron chi connectivity index (χ4n) is 2.20. The van der Waals surface area contributed by atoms with Gasteiger partial charge in [0.25, 0.3) is 0 Å². The standard InChI is InChI=1S/C14H15N5/c1-2-8-19-13(10-5-7-16-12(15)9-10)18-11-4-3-6-17-14(11)19/h3-7,9H,2,8H2,1H3,(H2,15,16). The van der Waals surface area contributed by atoms with Gasteiger partial charge in [0.1, 0.15) is 17.2 Å². The van der Waals surface area contributed by atoms with Crippen LogP contribution in [0.3, 0.4) is 0 Å². The van der Waals surface area contributed by atoms with Gasteiger partial charge in [-0.15, -0.1) is 0 Å². The van der Waals surface area contributed by atoms with Crippen molar-refractivity contribution in [2.75, 3.05) is 5.73 Å². The summed E-state index contributed by atoms with van der Waals surface area (Å²) in [5.41, 5.74) is 8.54. The van der Waals surface area contributed by atoms with Gasteiger partial charge in [-0.3, -0.25) is 0 Å². The predicted molar refractivity (Wildman–Crippen MR) is 75.5 cm³/mol. The molecule has 0 unspecified atom stereocenters. The summed E-state index contributed by atoms with van der Waals surface area (Å²) in [5, 5.41) is 0. The predicted octanol–water partition coefficient (Wildman–Crippen LogP) is 2.49. The minimum absolute atomic E-state index is 0.501. The molecular weight excluding hydrogens is 238 g/mol. The lowest BCUT2D eigenvalue weighted by molar-refractivity contribution is 0.698. The van der Waals surface area contributed by atoms with Crippen molar-refractivity contribution in [2.24, 2.45) is 0 Å². The van der Waals surface area contributed by atoms with Gasteiger partial charge in [-0.1, -0.05) is 6.92 Å². The zero-order valence-corrected chi connectivity index (χ0v) is 10.7. The number of imidazole rings is 1. The van der Waals surface area contributed by atoms with Crippen molar-refractivity contribution in [2.45, 2.75) is 19.9 Å². The highest BCUT2D eigenvalue weighted by Crippen LogP contribution is 2.24. The van der Waals surface area contributed by atoms with Gasteiger partial charge in [-0.25, -0.2) is 15.0 Å². The Hall–Kier alpha value is -2.43. The SMILES string of the molecule is CCCn1c(-c2ccnc(N)c2)nc2cccnc21. The smallest absolute Gasteiger partial charge is 0.160 e. The number of fused-ring (bicyclic) bond motifs is 1. The van der Waals surface area contributed by atoms with E-state index in [-0.39, 0.29) is 0 Å². The quantitative estimate of drug-likeness (QED) is 0.778. The molecule has 0 aliphatic rings. The molecule has 0 bridgehead atoms. The summed E-state index contributed by atoms with van der Waals surface area (Å²) in [6.45, 7) is 3.02. The van der Waals surface area contributed by atoms with Crippen molar-refractivity contribution in [3.8, 4) is 11.4 Å². The number of nitrogen functional groups attached to an aromatic ring is 1. The van der Waals surface area contributed by atoms with Crippen LogP contribution in [0.25, 0.3) is 22.6 Å². The number of aryl methyl sites for hydroxylation is 1. The molecule has 0 saturated carbocycles. The van der Waals surface area contributed by atoms with Crippen LogP contribution in [-0.2, 0) is 6.54 Å². The first kappa shape index (κ1) is 11.6. The van der Waals surface area contributed by atoms with Gasteiger partial charge in [0.05, 0.1) is 0 Å². The van der Waals surface area contributed by atoms with Crippen molar-refractivity contribution < 1.29 is 0 Å². The van der Waals surface area contributed by atoms with Gasteiger partial charge in [0, 0.05) is 24.5 Å². The second-order valence-corrected chi connectivity index (χ2v) is 4.40. The van der Waals surface area contributed by atoms with Gasteiger partial charge in [0.15, 0.2) is 5.65 Å². The number of rotatable bonds is 3. The molecule has 3 heterocycles. The number of nitrogens with two attached hydrogens (primary N) is 1. The highest BCUT2D eigenvalue weighted by Gasteiger charge is 2.12. The van der Waals surface area contributed by atoms with E-state index in [4.69, 9.17) is 5.73 Å². The number of nitrogens with zero attached hydrogens (tertiary/aromatic N) is 4. The second kappa shape index (κ2) is 4.68. The monoisotopic (exact) mass is 253 g/mol. The molecule has 0 fully saturated rings. The first-order valence-corrected chi connectivity index (χ1v) is 6.32. The Morgan fingerprint density at radius 3 is 2.89 bits per heavy atom. The van der Waals surface area contributed by atoms with E-state index in [1.54, 1.807) is 12.4 Å². The Morgan fingerprint density at radius 2 is 2.11 bits per heavy atom. The van der Waals surface area contributed by atoms with Crippen LogP contribution in [0.1, 0.15) is 13.3 Å². The third-order valence-electron chi connectivity index (χ3n) is 2.99. The Kier molecular flexibility index (Phi) is 2.87. The van der Waals surface area contributed by atoms with Gasteiger partial charge in [0.2, 0.25) is 0 Å². The van der Waals surface area contributed by atoms with Crippen molar-refractivity contribution in [1.29, 1.82) is 0 Å². The minimum Gasteiger partial charge on any atom is -0.384 e. The van der Waals surface area contributed by atoms with Gasteiger partial charge >= 0.3 is 0 Å². The molecule has 0 atom stereocenters. The Morgan fingerprint density at radius 1 is 1.21 bits per heavy atom. The van der Waals surface area contributed by atoms with E-state index in [0.29, 0.717) is 5.82 Å². The lowest BCUT2D eigenvalue weighted by atomic mass is 10.2. The van der Waals surface area contributed by atoms with Gasteiger partial charge in [-0.05, 0) is 30.7 Å². The van der Waals surface area contributed by atoms with Crippen LogP contribution in [0, 0.1) is 0 Å². The molecule has 0 aliphatic carbocycles. The first-order valence-electron chi connectivity index (χ1n) is 6.32. The average molecular weight is 253 g/mol. The normalized spacial score (nSPS) is 11.0. The number of anilines is 1. The second-order valence-electron chi connectivity index (χ2n) is 4.40. The molecule has 19 heavy (non-hydrogen) atoms. The molecule has 0 saturated heterocycles. The van der Waals surface area contributed by atoms with Crippen LogP contribution in [0.2, 0.25) is 0 Å². The highest BCUT2D eigenvalue weighted by molar-refractivity contribution is 5.77. The maximum atomic E-state index is 5.75. The van der Waals surface area contributed by atoms with Gasteiger partial charge < -0.3 is 10.3 Å². The van der Waals surface area contributed by atoms with Crippen LogP contribution in [0.5, 0.6) is 0 Å². The van der Waals surface area contributed by atoms with Crippen molar-refractivity contribution in [3.63, 3.8) is 0 Å². The zero-order valence-electron chi connectivity index (χ0n) is 10.7. The first-order chi connectivity index (χ1) is 9.29. The van der Waals surface area contributed by atoms with E-state index < -0.39 is 0 Å². The van der Waals surface area contributed by atoms with E-state index >= 15 is 0 Å². The topological polar surface area (TPSA) is 69.6 Å². The molecule has 0 radical (unpaired) electrons. The van der Waals surface area contributed by atoms with Crippen LogP contribution >= 0.6 is 0 Å². The third-order valence-corrected chi connectivity index (χ3v) is 2.99. The van der Waals surface area contributed by atoms with Crippen LogP contribution in [0.4, 0.5) is 5.82 Å². The summed E-state index contributed by atoms with van der Waals surface area (Å²) in [4.78, 5) is 13.1. The summed E-state index contributed by atoms with van der Waals surface area (Å²) in [7, 11) is 0. The number of aromatic nitrogens is 4. The molecular formula is C14H15N5. The molecule has 0 amide bonds. The largest absolute Gasteiger partial charge is 0.384 e. The summed E-state index contributed by atoms with van der Waals surface area (Å²) in [6.07, 6.45) is 4.52. The average Bonchev–Trinajstić information content (AvgIpc) is 2.79. The molecule has 5 nitrogen and oxygen atoms in total. The number of hydrogen-bond acceptors (Lipinski definition) is 4. The highest BCUT2D eigenvalue weighted by atomic mass is 15.1. The number of pyridine rings is 2. The molecule has 0 spiro atoms. The molecule has 96 valence electrons. The maximum Gasteiger partial charge on any atom is 0.160 e. The zero-order chi connectivity index (χ0) is 13.2. The minimum atomic E-state index is 0.501. The Balaban J connectivity index is 2.25. The van der Waals surface area contributed by atoms with E-state index in [1.165, 1.54) is 0 Å². The maximum absolute atomic E-state index is 5.75. The molecule has 2 N–H and O–H groups in total. The molecule has 3 aromatic rings. The molecule has 5 heteroatoms. The summed E-state index contributed by atoms with van der Waals surface area (Å²) >= 11 is 0. The van der Waals surface area contributed by atoms with Crippen LogP contribution in [0.15, 0.2) is 36.7 Å². The van der Waals surface area contributed by atoms with Crippen LogP contribution in [-0.4, -0.2) is 19.5 Å². The fraction of sp³-hybridized carbons (Fsp3) is 0.214. The van der Waals surface area contributed by atoms with Crippen molar-refractivity contribution in [1.82, 2.24) is 19.5 Å². The lowest BCUT2D eigenvalue weighted by Gasteiger charge is -2.07. The molecule has 0 aliphatic heterocycles. The van der Waals surface area contributed by atoms with E-state index in [0.717, 1.165) is 35.5 Å². The lowest BCUT2D eigenvalue weighted by Crippen LogP contribution is -2.01. The van der Waals surface area contributed by atoms with E-state index in [1.807, 2.05) is 24.3 Å². The molecule has 0 aromatic carbocycles. The Bertz CT molecular complexity index is 717. The van der Waals surface area contributed by atoms with Crippen molar-refractivity contribution in [3.05, 3.63) is 36.7 Å². The van der Waals surface area contributed by atoms with Gasteiger partial charge in [-0.2, -0.15) is 0 Å². The molecule has 3 aromatic heterocycles. The fourth-order valence-corrected chi connectivity index (χ4v) is 2.20. The van der Waals surface area contributed by atoms with Crippen molar-refractivity contribution >= 4 is 17.0 Å². The summed E-state index contributed by atoms with van der Waals surface area (Å²) in [6, 6.07) is 7.63. The summed E-state index contributed by atoms with van der Waals surface area (Å²) in [5.74, 6) is 1.39.